The van der Waals surface area contributed by atoms with Gasteiger partial charge in [-0.15, -0.1) is 0 Å². The van der Waals surface area contributed by atoms with Gasteiger partial charge in [-0.3, -0.25) is 0 Å². The first-order chi connectivity index (χ1) is 7.19. The van der Waals surface area contributed by atoms with Gasteiger partial charge in [0.05, 0.1) is 13.2 Å². The second-order valence-corrected chi connectivity index (χ2v) is 3.65. The number of nitrogens with two attached hydrogens (primary N) is 1. The van der Waals surface area contributed by atoms with E-state index in [9.17, 15) is 0 Å². The summed E-state index contributed by atoms with van der Waals surface area (Å²) in [5, 5.41) is 0. The van der Waals surface area contributed by atoms with Gasteiger partial charge in [0.2, 0.25) is 0 Å². The van der Waals surface area contributed by atoms with Crippen LogP contribution in [0.3, 0.4) is 0 Å². The van der Waals surface area contributed by atoms with E-state index in [1.807, 2.05) is 32.0 Å². The van der Waals surface area contributed by atoms with E-state index in [1.165, 1.54) is 0 Å². The molecule has 0 spiro atoms. The molecule has 0 aliphatic heterocycles. The highest BCUT2D eigenvalue weighted by atomic mass is 16.5. The monoisotopic (exact) mass is 209 g/mol. The Morgan fingerprint density at radius 2 is 2.07 bits per heavy atom. The lowest BCUT2D eigenvalue weighted by Gasteiger charge is -2.16. The highest BCUT2D eigenvalue weighted by Crippen LogP contribution is 2.32. The summed E-state index contributed by atoms with van der Waals surface area (Å²) in [5.41, 5.74) is 6.66. The molecule has 0 aliphatic carbocycles. The summed E-state index contributed by atoms with van der Waals surface area (Å²) in [6.07, 6.45) is 0.942. The summed E-state index contributed by atoms with van der Waals surface area (Å²) in [6, 6.07) is 5.88. The van der Waals surface area contributed by atoms with Crippen LogP contribution in [0.4, 0.5) is 0 Å². The molecule has 3 nitrogen and oxygen atoms in total. The minimum absolute atomic E-state index is 0.137. The third kappa shape index (κ3) is 3.13. The maximum absolute atomic E-state index is 5.74. The lowest BCUT2D eigenvalue weighted by atomic mass is 10.1. The number of hydrogen-bond donors (Lipinski definition) is 1. The van der Waals surface area contributed by atoms with E-state index < -0.39 is 0 Å². The topological polar surface area (TPSA) is 44.5 Å². The van der Waals surface area contributed by atoms with Crippen molar-refractivity contribution in [3.63, 3.8) is 0 Å². The third-order valence-electron chi connectivity index (χ3n) is 2.05. The zero-order valence-electron chi connectivity index (χ0n) is 9.62. The normalized spacial score (nSPS) is 10.5. The van der Waals surface area contributed by atoms with E-state index in [0.717, 1.165) is 23.5 Å². The molecular formula is C12H19NO2. The van der Waals surface area contributed by atoms with Gasteiger partial charge in [-0.1, -0.05) is 12.1 Å². The van der Waals surface area contributed by atoms with Crippen LogP contribution < -0.4 is 15.2 Å². The average Bonchev–Trinajstić information content (AvgIpc) is 2.20. The zero-order valence-corrected chi connectivity index (χ0v) is 9.62. The molecule has 0 unspecified atom stereocenters. The van der Waals surface area contributed by atoms with Crippen molar-refractivity contribution >= 4 is 0 Å². The van der Waals surface area contributed by atoms with Crippen molar-refractivity contribution in [1.29, 1.82) is 0 Å². The molecule has 0 radical (unpaired) electrons. The molecule has 1 rings (SSSR count). The van der Waals surface area contributed by atoms with Crippen LogP contribution in [0.5, 0.6) is 11.5 Å². The average molecular weight is 209 g/mol. The number of para-hydroxylation sites is 1. The van der Waals surface area contributed by atoms with E-state index in [1.54, 1.807) is 7.11 Å². The van der Waals surface area contributed by atoms with Crippen molar-refractivity contribution in [2.75, 3.05) is 13.7 Å². The first kappa shape index (κ1) is 11.9. The Labute approximate surface area is 91.2 Å². The van der Waals surface area contributed by atoms with E-state index in [-0.39, 0.29) is 6.10 Å². The summed E-state index contributed by atoms with van der Waals surface area (Å²) >= 11 is 0. The van der Waals surface area contributed by atoms with Crippen molar-refractivity contribution in [1.82, 2.24) is 0 Å². The van der Waals surface area contributed by atoms with Crippen LogP contribution in [0.25, 0.3) is 0 Å². The zero-order chi connectivity index (χ0) is 11.3. The molecule has 0 saturated heterocycles. The SMILES string of the molecule is COc1cccc(CCN)c1OC(C)C. The van der Waals surface area contributed by atoms with Gasteiger partial charge in [-0.2, -0.15) is 0 Å². The van der Waals surface area contributed by atoms with Crippen molar-refractivity contribution < 1.29 is 9.47 Å². The van der Waals surface area contributed by atoms with Crippen LogP contribution in [-0.2, 0) is 6.42 Å². The van der Waals surface area contributed by atoms with Gasteiger partial charge in [0, 0.05) is 0 Å². The predicted octanol–water partition coefficient (Wildman–Crippen LogP) is 1.98. The molecule has 3 heteroatoms. The maximum atomic E-state index is 5.74. The van der Waals surface area contributed by atoms with Gasteiger partial charge in [-0.25, -0.2) is 0 Å². The quantitative estimate of drug-likeness (QED) is 0.806. The van der Waals surface area contributed by atoms with Crippen LogP contribution in [0.2, 0.25) is 0 Å². The van der Waals surface area contributed by atoms with Gasteiger partial charge in [0.15, 0.2) is 11.5 Å². The third-order valence-corrected chi connectivity index (χ3v) is 2.05. The molecular weight excluding hydrogens is 190 g/mol. The van der Waals surface area contributed by atoms with Crippen LogP contribution in [-0.4, -0.2) is 19.8 Å². The van der Waals surface area contributed by atoms with Crippen molar-refractivity contribution in [2.45, 2.75) is 26.4 Å². The van der Waals surface area contributed by atoms with Gasteiger partial charge in [0.25, 0.3) is 0 Å². The van der Waals surface area contributed by atoms with E-state index in [4.69, 9.17) is 15.2 Å². The number of methoxy groups -OCH3 is 1. The highest BCUT2D eigenvalue weighted by Gasteiger charge is 2.11. The van der Waals surface area contributed by atoms with Crippen LogP contribution in [0, 0.1) is 0 Å². The molecule has 0 bridgehead atoms. The van der Waals surface area contributed by atoms with E-state index in [2.05, 4.69) is 0 Å². The first-order valence-electron chi connectivity index (χ1n) is 5.21. The summed E-state index contributed by atoms with van der Waals surface area (Å²) in [7, 11) is 1.65. The van der Waals surface area contributed by atoms with Crippen LogP contribution in [0.15, 0.2) is 18.2 Å². The molecule has 1 aromatic carbocycles. The maximum Gasteiger partial charge on any atom is 0.164 e. The number of ether oxygens (including phenoxy) is 2. The van der Waals surface area contributed by atoms with Crippen molar-refractivity contribution in [3.05, 3.63) is 23.8 Å². The Bertz CT molecular complexity index is 310. The Kier molecular flexibility index (Phi) is 4.43. The molecule has 2 N–H and O–H groups in total. The van der Waals surface area contributed by atoms with Crippen molar-refractivity contribution in [2.24, 2.45) is 5.73 Å². The van der Waals surface area contributed by atoms with Gasteiger partial charge in [0.1, 0.15) is 0 Å². The Balaban J connectivity index is 3.02. The summed E-state index contributed by atoms with van der Waals surface area (Å²) in [5.74, 6) is 1.59. The van der Waals surface area contributed by atoms with Crippen LogP contribution >= 0.6 is 0 Å². The Morgan fingerprint density at radius 3 is 2.60 bits per heavy atom. The Hall–Kier alpha value is -1.22. The minimum atomic E-state index is 0.137. The largest absolute Gasteiger partial charge is 0.493 e. The van der Waals surface area contributed by atoms with Crippen molar-refractivity contribution in [3.8, 4) is 11.5 Å². The fourth-order valence-corrected chi connectivity index (χ4v) is 1.44. The predicted molar refractivity (Wildman–Crippen MR) is 61.5 cm³/mol. The van der Waals surface area contributed by atoms with E-state index >= 15 is 0 Å². The van der Waals surface area contributed by atoms with Gasteiger partial charge >= 0.3 is 0 Å². The molecule has 0 amide bonds. The standard InChI is InChI=1S/C12H19NO2/c1-9(2)15-12-10(7-8-13)5-4-6-11(12)14-3/h4-6,9H,7-8,13H2,1-3H3. The lowest BCUT2D eigenvalue weighted by molar-refractivity contribution is 0.227. The number of rotatable bonds is 5. The van der Waals surface area contributed by atoms with Gasteiger partial charge < -0.3 is 15.2 Å². The molecule has 15 heavy (non-hydrogen) atoms. The summed E-state index contributed by atoms with van der Waals surface area (Å²) in [6.45, 7) is 4.61. The molecule has 0 atom stereocenters. The molecule has 1 aromatic rings. The molecule has 0 fully saturated rings. The van der Waals surface area contributed by atoms with Crippen LogP contribution in [0.1, 0.15) is 19.4 Å². The molecule has 84 valence electrons. The fourth-order valence-electron chi connectivity index (χ4n) is 1.44. The number of hydrogen-bond acceptors (Lipinski definition) is 3. The number of benzene rings is 1. The Morgan fingerprint density at radius 1 is 1.33 bits per heavy atom. The summed E-state index contributed by atoms with van der Waals surface area (Å²) < 4.78 is 11.0. The molecule has 0 aromatic heterocycles. The molecule has 0 heterocycles. The smallest absolute Gasteiger partial charge is 0.164 e. The second kappa shape index (κ2) is 5.61. The molecule has 0 saturated carbocycles. The van der Waals surface area contributed by atoms with E-state index in [0.29, 0.717) is 6.54 Å². The fraction of sp³-hybridized carbons (Fsp3) is 0.500. The highest BCUT2D eigenvalue weighted by molar-refractivity contribution is 5.46. The first-order valence-corrected chi connectivity index (χ1v) is 5.21. The molecule has 0 aliphatic rings. The lowest BCUT2D eigenvalue weighted by Crippen LogP contribution is -2.11. The van der Waals surface area contributed by atoms with Gasteiger partial charge in [-0.05, 0) is 38.4 Å². The summed E-state index contributed by atoms with van der Waals surface area (Å²) in [4.78, 5) is 0. The second-order valence-electron chi connectivity index (χ2n) is 3.65. The minimum Gasteiger partial charge on any atom is -0.493 e.